The number of carbonyl (C=O) groups excluding carboxylic acids is 2. The molecular weight excluding hydrogens is 392 g/mol. The number of halogens is 1. The van der Waals surface area contributed by atoms with E-state index in [1.165, 1.54) is 12.0 Å². The minimum Gasteiger partial charge on any atom is -0.495 e. The van der Waals surface area contributed by atoms with Crippen LogP contribution in [0.3, 0.4) is 0 Å². The number of aromatic nitrogens is 1. The number of imide groups is 1. The standard InChI is InChI=1S/C21H23ClN4O3/c1-14-11-16(18(29-2)12-15(14)22)26-20(27)13-17(21(26)28)24-7-9-25(10-8-24)19-5-3-4-6-23-19/h3-6,11-12,17H,7-10,13H2,1-2H3/t17-/m1/s1. The largest absolute Gasteiger partial charge is 0.495 e. The molecule has 3 heterocycles. The fourth-order valence-corrected chi connectivity index (χ4v) is 4.10. The molecule has 4 rings (SSSR count). The molecule has 2 aliphatic rings. The van der Waals surface area contributed by atoms with Crippen molar-refractivity contribution >= 4 is 34.9 Å². The van der Waals surface area contributed by atoms with Crippen LogP contribution in [-0.4, -0.2) is 61.0 Å². The van der Waals surface area contributed by atoms with Gasteiger partial charge in [-0.1, -0.05) is 17.7 Å². The molecule has 8 heteroatoms. The number of carbonyl (C=O) groups is 2. The predicted molar refractivity (Wildman–Crippen MR) is 112 cm³/mol. The molecule has 0 aliphatic carbocycles. The maximum absolute atomic E-state index is 13.2. The van der Waals surface area contributed by atoms with Gasteiger partial charge in [-0.05, 0) is 30.7 Å². The zero-order valence-corrected chi connectivity index (χ0v) is 17.2. The average Bonchev–Trinajstić information content (AvgIpc) is 3.04. The molecule has 0 unspecified atom stereocenters. The van der Waals surface area contributed by atoms with Crippen molar-refractivity contribution in [2.24, 2.45) is 0 Å². The number of amides is 2. The second-order valence-corrected chi connectivity index (χ2v) is 7.68. The number of ether oxygens (including phenoxy) is 1. The fraction of sp³-hybridized carbons (Fsp3) is 0.381. The van der Waals surface area contributed by atoms with E-state index in [1.807, 2.05) is 25.1 Å². The number of methoxy groups -OCH3 is 1. The van der Waals surface area contributed by atoms with Crippen molar-refractivity contribution in [2.75, 3.05) is 43.1 Å². The van der Waals surface area contributed by atoms with Crippen LogP contribution >= 0.6 is 11.6 Å². The summed E-state index contributed by atoms with van der Waals surface area (Å²) in [6, 6.07) is 8.77. The summed E-state index contributed by atoms with van der Waals surface area (Å²) < 4.78 is 5.38. The van der Waals surface area contributed by atoms with Crippen LogP contribution in [0.2, 0.25) is 5.02 Å². The Kier molecular flexibility index (Phi) is 5.43. The van der Waals surface area contributed by atoms with E-state index >= 15 is 0 Å². The molecule has 152 valence electrons. The van der Waals surface area contributed by atoms with Crippen LogP contribution in [0.4, 0.5) is 11.5 Å². The van der Waals surface area contributed by atoms with Gasteiger partial charge in [-0.25, -0.2) is 9.88 Å². The summed E-state index contributed by atoms with van der Waals surface area (Å²) in [5.74, 6) is 0.931. The van der Waals surface area contributed by atoms with Crippen molar-refractivity contribution in [1.29, 1.82) is 0 Å². The third-order valence-electron chi connectivity index (χ3n) is 5.55. The van der Waals surface area contributed by atoms with Gasteiger partial charge in [0.25, 0.3) is 5.91 Å². The Hall–Kier alpha value is -2.64. The quantitative estimate of drug-likeness (QED) is 0.716. The Morgan fingerprint density at radius 2 is 1.90 bits per heavy atom. The number of hydrogen-bond acceptors (Lipinski definition) is 6. The number of anilines is 2. The van der Waals surface area contributed by atoms with Crippen LogP contribution in [0.15, 0.2) is 36.5 Å². The van der Waals surface area contributed by atoms with Crippen molar-refractivity contribution in [3.05, 3.63) is 47.1 Å². The number of hydrogen-bond donors (Lipinski definition) is 0. The number of rotatable bonds is 4. The van der Waals surface area contributed by atoms with E-state index in [4.69, 9.17) is 16.3 Å². The Morgan fingerprint density at radius 1 is 1.14 bits per heavy atom. The van der Waals surface area contributed by atoms with Crippen LogP contribution < -0.4 is 14.5 Å². The summed E-state index contributed by atoms with van der Waals surface area (Å²) in [5, 5.41) is 0.534. The Balaban J connectivity index is 1.50. The van der Waals surface area contributed by atoms with Gasteiger partial charge >= 0.3 is 0 Å². The van der Waals surface area contributed by atoms with E-state index in [-0.39, 0.29) is 18.2 Å². The van der Waals surface area contributed by atoms with Crippen LogP contribution in [0, 0.1) is 6.92 Å². The second kappa shape index (κ2) is 8.00. The van der Waals surface area contributed by atoms with E-state index in [1.54, 1.807) is 18.3 Å². The number of nitrogens with zero attached hydrogens (tertiary/aromatic N) is 4. The highest BCUT2D eigenvalue weighted by Gasteiger charge is 2.44. The van der Waals surface area contributed by atoms with Crippen molar-refractivity contribution in [2.45, 2.75) is 19.4 Å². The third kappa shape index (κ3) is 3.68. The maximum atomic E-state index is 13.2. The van der Waals surface area contributed by atoms with E-state index in [0.717, 1.165) is 24.5 Å². The SMILES string of the molecule is COc1cc(Cl)c(C)cc1N1C(=O)C[C@@H](N2CCN(c3ccccn3)CC2)C1=O. The normalized spacial score (nSPS) is 20.4. The summed E-state index contributed by atoms with van der Waals surface area (Å²) in [6.07, 6.45) is 1.95. The zero-order chi connectivity index (χ0) is 20.5. The second-order valence-electron chi connectivity index (χ2n) is 7.27. The lowest BCUT2D eigenvalue weighted by molar-refractivity contribution is -0.123. The number of aryl methyl sites for hydroxylation is 1. The van der Waals surface area contributed by atoms with E-state index < -0.39 is 6.04 Å². The van der Waals surface area contributed by atoms with E-state index in [2.05, 4.69) is 14.8 Å². The van der Waals surface area contributed by atoms with Gasteiger partial charge in [0.1, 0.15) is 11.6 Å². The average molecular weight is 415 g/mol. The lowest BCUT2D eigenvalue weighted by Gasteiger charge is -2.37. The van der Waals surface area contributed by atoms with Crippen molar-refractivity contribution < 1.29 is 14.3 Å². The van der Waals surface area contributed by atoms with Gasteiger partial charge in [-0.3, -0.25) is 14.5 Å². The van der Waals surface area contributed by atoms with Gasteiger partial charge in [0.2, 0.25) is 5.91 Å². The Morgan fingerprint density at radius 3 is 2.55 bits per heavy atom. The number of piperazine rings is 1. The first-order chi connectivity index (χ1) is 14.0. The van der Waals surface area contributed by atoms with Crippen molar-refractivity contribution in [3.63, 3.8) is 0 Å². The molecule has 0 bridgehead atoms. The molecule has 0 radical (unpaired) electrons. The molecule has 0 saturated carbocycles. The van der Waals surface area contributed by atoms with Gasteiger partial charge in [-0.2, -0.15) is 0 Å². The first kappa shape index (κ1) is 19.7. The van der Waals surface area contributed by atoms with Crippen LogP contribution in [0.5, 0.6) is 5.75 Å². The number of benzene rings is 1. The molecule has 1 atom stereocenters. The highest BCUT2D eigenvalue weighted by atomic mass is 35.5. The zero-order valence-electron chi connectivity index (χ0n) is 16.5. The molecule has 7 nitrogen and oxygen atoms in total. The third-order valence-corrected chi connectivity index (χ3v) is 5.96. The molecule has 2 saturated heterocycles. The first-order valence-corrected chi connectivity index (χ1v) is 9.98. The number of pyridine rings is 1. The molecule has 2 aliphatic heterocycles. The molecular formula is C21H23ClN4O3. The molecule has 2 amide bonds. The summed E-state index contributed by atoms with van der Waals surface area (Å²) in [4.78, 5) is 35.9. The van der Waals surface area contributed by atoms with Gasteiger partial charge in [0.15, 0.2) is 0 Å². The smallest absolute Gasteiger partial charge is 0.251 e. The van der Waals surface area contributed by atoms with Crippen LogP contribution in [0.1, 0.15) is 12.0 Å². The minimum absolute atomic E-state index is 0.174. The minimum atomic E-state index is -0.450. The molecule has 1 aromatic carbocycles. The maximum Gasteiger partial charge on any atom is 0.251 e. The van der Waals surface area contributed by atoms with E-state index in [0.29, 0.717) is 29.5 Å². The lowest BCUT2D eigenvalue weighted by Crippen LogP contribution is -2.52. The molecule has 1 aromatic heterocycles. The Bertz CT molecular complexity index is 929. The van der Waals surface area contributed by atoms with Gasteiger partial charge < -0.3 is 9.64 Å². The van der Waals surface area contributed by atoms with E-state index in [9.17, 15) is 9.59 Å². The van der Waals surface area contributed by atoms with Crippen LogP contribution in [-0.2, 0) is 9.59 Å². The molecule has 2 aromatic rings. The highest BCUT2D eigenvalue weighted by molar-refractivity contribution is 6.32. The summed E-state index contributed by atoms with van der Waals surface area (Å²) >= 11 is 6.17. The fourth-order valence-electron chi connectivity index (χ4n) is 3.94. The molecule has 2 fully saturated rings. The molecule has 29 heavy (non-hydrogen) atoms. The van der Waals surface area contributed by atoms with Gasteiger partial charge in [0, 0.05) is 43.5 Å². The monoisotopic (exact) mass is 414 g/mol. The van der Waals surface area contributed by atoms with Crippen molar-refractivity contribution in [3.8, 4) is 5.75 Å². The lowest BCUT2D eigenvalue weighted by atomic mass is 10.1. The summed E-state index contributed by atoms with van der Waals surface area (Å²) in [7, 11) is 1.50. The highest BCUT2D eigenvalue weighted by Crippen LogP contribution is 2.37. The molecule has 0 spiro atoms. The topological polar surface area (TPSA) is 66.0 Å². The Labute approximate surface area is 174 Å². The van der Waals surface area contributed by atoms with Gasteiger partial charge in [-0.15, -0.1) is 0 Å². The molecule has 0 N–H and O–H groups in total. The van der Waals surface area contributed by atoms with Crippen molar-refractivity contribution in [1.82, 2.24) is 9.88 Å². The summed E-state index contributed by atoms with van der Waals surface area (Å²) in [6.45, 7) is 4.76. The van der Waals surface area contributed by atoms with Crippen LogP contribution in [0.25, 0.3) is 0 Å². The van der Waals surface area contributed by atoms with Gasteiger partial charge in [0.05, 0.1) is 25.3 Å². The first-order valence-electron chi connectivity index (χ1n) is 9.60. The predicted octanol–water partition coefficient (Wildman–Crippen LogP) is 2.51. The summed E-state index contributed by atoms with van der Waals surface area (Å²) in [5.41, 5.74) is 1.24.